The van der Waals surface area contributed by atoms with Crippen LogP contribution in [-0.4, -0.2) is 58.1 Å². The first-order valence-corrected chi connectivity index (χ1v) is 5.08. The maximum absolute atomic E-state index is 5.43. The van der Waals surface area contributed by atoms with Gasteiger partial charge in [-0.25, -0.2) is 0 Å². The number of hydrogen-bond donors (Lipinski definition) is 0. The molecule has 0 aliphatic heterocycles. The lowest BCUT2D eigenvalue weighted by Gasteiger charge is -2.31. The van der Waals surface area contributed by atoms with Crippen molar-refractivity contribution in [2.45, 2.75) is 13.8 Å². The fourth-order valence-corrected chi connectivity index (χ4v) is 1.07. The molecule has 0 heterocycles. The van der Waals surface area contributed by atoms with Crippen LogP contribution in [0.3, 0.4) is 0 Å². The van der Waals surface area contributed by atoms with E-state index < -0.39 is 0 Å². The molecule has 0 aromatic carbocycles. The SMILES string of the molecule is CC[N+](C)(CC)CCOCCOC.[Cl-]. The van der Waals surface area contributed by atoms with Gasteiger partial charge in [0.05, 0.1) is 40.0 Å². The highest BCUT2D eigenvalue weighted by atomic mass is 35.5. The summed E-state index contributed by atoms with van der Waals surface area (Å²) >= 11 is 0. The average molecular weight is 226 g/mol. The number of halogens is 1. The average Bonchev–Trinajstić information content (AvgIpc) is 2.17. The highest BCUT2D eigenvalue weighted by Gasteiger charge is 2.15. The summed E-state index contributed by atoms with van der Waals surface area (Å²) in [6, 6.07) is 0. The Labute approximate surface area is 94.4 Å². The van der Waals surface area contributed by atoms with Gasteiger partial charge in [0.25, 0.3) is 0 Å². The van der Waals surface area contributed by atoms with Gasteiger partial charge >= 0.3 is 0 Å². The highest BCUT2D eigenvalue weighted by molar-refractivity contribution is 4.35. The fourth-order valence-electron chi connectivity index (χ4n) is 1.07. The van der Waals surface area contributed by atoms with E-state index in [2.05, 4.69) is 20.9 Å². The molecule has 0 aliphatic carbocycles. The number of nitrogens with zero attached hydrogens (tertiary/aromatic N) is 1. The Hall–Kier alpha value is 0.170. The van der Waals surface area contributed by atoms with E-state index in [0.717, 1.165) is 17.6 Å². The van der Waals surface area contributed by atoms with Crippen molar-refractivity contribution in [3.05, 3.63) is 0 Å². The summed E-state index contributed by atoms with van der Waals surface area (Å²) in [5, 5.41) is 0. The van der Waals surface area contributed by atoms with E-state index in [1.807, 2.05) is 0 Å². The first-order valence-electron chi connectivity index (χ1n) is 5.08. The first-order chi connectivity index (χ1) is 6.18. The van der Waals surface area contributed by atoms with E-state index in [1.54, 1.807) is 7.11 Å². The molecule has 0 unspecified atom stereocenters. The van der Waals surface area contributed by atoms with E-state index >= 15 is 0 Å². The molecule has 3 nitrogen and oxygen atoms in total. The zero-order valence-electron chi connectivity index (χ0n) is 9.88. The standard InChI is InChI=1S/C10H24NO2.ClH/c1-5-11(3,6-2)7-8-13-10-9-12-4;/h5-10H2,1-4H3;1H/q+1;/p-1. The van der Waals surface area contributed by atoms with E-state index in [9.17, 15) is 0 Å². The van der Waals surface area contributed by atoms with Gasteiger partial charge in [0.15, 0.2) is 0 Å². The summed E-state index contributed by atoms with van der Waals surface area (Å²) in [4.78, 5) is 0. The van der Waals surface area contributed by atoms with Crippen molar-refractivity contribution >= 4 is 0 Å². The fraction of sp³-hybridized carbons (Fsp3) is 1.00. The summed E-state index contributed by atoms with van der Waals surface area (Å²) in [5.74, 6) is 0. The van der Waals surface area contributed by atoms with E-state index in [0.29, 0.717) is 13.2 Å². The van der Waals surface area contributed by atoms with Crippen LogP contribution in [0.1, 0.15) is 13.8 Å². The molecule has 0 N–H and O–H groups in total. The molecule has 0 saturated carbocycles. The maximum Gasteiger partial charge on any atom is 0.102 e. The predicted octanol–water partition coefficient (Wildman–Crippen LogP) is -1.86. The number of likely N-dealkylation sites (N-methyl/N-ethyl adjacent to an activating group) is 1. The van der Waals surface area contributed by atoms with Gasteiger partial charge in [0, 0.05) is 7.11 Å². The minimum Gasteiger partial charge on any atom is -1.00 e. The number of ether oxygens (including phenoxy) is 2. The summed E-state index contributed by atoms with van der Waals surface area (Å²) in [5.41, 5.74) is 0. The molecule has 0 rings (SSSR count). The Balaban J connectivity index is 0. The number of rotatable bonds is 8. The smallest absolute Gasteiger partial charge is 0.102 e. The van der Waals surface area contributed by atoms with Crippen molar-refractivity contribution in [3.63, 3.8) is 0 Å². The van der Waals surface area contributed by atoms with Gasteiger partial charge in [-0.1, -0.05) is 0 Å². The molecule has 0 atom stereocenters. The van der Waals surface area contributed by atoms with Crippen LogP contribution in [0.4, 0.5) is 0 Å². The van der Waals surface area contributed by atoms with Crippen molar-refractivity contribution in [3.8, 4) is 0 Å². The van der Waals surface area contributed by atoms with Crippen LogP contribution in [0, 0.1) is 0 Å². The van der Waals surface area contributed by atoms with E-state index in [-0.39, 0.29) is 12.4 Å². The molecule has 0 aromatic heterocycles. The Morgan fingerprint density at radius 3 is 2.00 bits per heavy atom. The lowest BCUT2D eigenvalue weighted by Crippen LogP contribution is -3.00. The van der Waals surface area contributed by atoms with Gasteiger partial charge in [-0.3, -0.25) is 0 Å². The summed E-state index contributed by atoms with van der Waals surface area (Å²) in [7, 11) is 3.96. The molecule has 4 heteroatoms. The quantitative estimate of drug-likeness (QED) is 0.357. The van der Waals surface area contributed by atoms with Crippen molar-refractivity contribution in [2.24, 2.45) is 0 Å². The molecular formula is C10H24ClNO2. The Kier molecular flexibility index (Phi) is 11.5. The van der Waals surface area contributed by atoms with Crippen molar-refractivity contribution in [1.29, 1.82) is 0 Å². The van der Waals surface area contributed by atoms with Crippen LogP contribution in [0.5, 0.6) is 0 Å². The maximum atomic E-state index is 5.43. The highest BCUT2D eigenvalue weighted by Crippen LogP contribution is 1.99. The Morgan fingerprint density at radius 2 is 1.57 bits per heavy atom. The van der Waals surface area contributed by atoms with Crippen LogP contribution < -0.4 is 12.4 Å². The Bertz CT molecular complexity index is 119. The molecule has 0 radical (unpaired) electrons. The molecule has 88 valence electrons. The molecular weight excluding hydrogens is 202 g/mol. The van der Waals surface area contributed by atoms with Crippen molar-refractivity contribution in [2.75, 3.05) is 53.6 Å². The molecule has 0 fully saturated rings. The predicted molar refractivity (Wildman–Crippen MR) is 54.8 cm³/mol. The van der Waals surface area contributed by atoms with Crippen LogP contribution in [0.25, 0.3) is 0 Å². The molecule has 14 heavy (non-hydrogen) atoms. The second-order valence-corrected chi connectivity index (χ2v) is 3.58. The van der Waals surface area contributed by atoms with Crippen LogP contribution in [0.2, 0.25) is 0 Å². The number of hydrogen-bond acceptors (Lipinski definition) is 2. The van der Waals surface area contributed by atoms with Crippen LogP contribution in [-0.2, 0) is 9.47 Å². The third-order valence-corrected chi connectivity index (χ3v) is 2.73. The van der Waals surface area contributed by atoms with Gasteiger partial charge in [-0.05, 0) is 13.8 Å². The van der Waals surface area contributed by atoms with Gasteiger partial charge in [-0.15, -0.1) is 0 Å². The zero-order valence-corrected chi connectivity index (χ0v) is 10.6. The lowest BCUT2D eigenvalue weighted by atomic mass is 10.4. The van der Waals surface area contributed by atoms with Crippen LogP contribution in [0.15, 0.2) is 0 Å². The molecule has 0 aliphatic rings. The first kappa shape index (κ1) is 16.6. The lowest BCUT2D eigenvalue weighted by molar-refractivity contribution is -0.906. The second kappa shape index (κ2) is 9.71. The monoisotopic (exact) mass is 225 g/mol. The normalized spacial score (nSPS) is 11.1. The zero-order chi connectivity index (χ0) is 10.2. The summed E-state index contributed by atoms with van der Waals surface area (Å²) in [6.07, 6.45) is 0. The summed E-state index contributed by atoms with van der Waals surface area (Å²) in [6.45, 7) is 10.1. The molecule has 0 aromatic rings. The van der Waals surface area contributed by atoms with Gasteiger partial charge in [0.1, 0.15) is 6.54 Å². The summed E-state index contributed by atoms with van der Waals surface area (Å²) < 4.78 is 11.4. The van der Waals surface area contributed by atoms with Gasteiger partial charge < -0.3 is 26.4 Å². The molecule has 0 amide bonds. The third-order valence-electron chi connectivity index (χ3n) is 2.73. The van der Waals surface area contributed by atoms with Gasteiger partial charge in [-0.2, -0.15) is 0 Å². The molecule has 0 bridgehead atoms. The molecule has 0 saturated heterocycles. The number of methoxy groups -OCH3 is 1. The van der Waals surface area contributed by atoms with Crippen LogP contribution >= 0.6 is 0 Å². The molecule has 0 spiro atoms. The van der Waals surface area contributed by atoms with Crippen molar-refractivity contribution in [1.82, 2.24) is 0 Å². The number of quaternary nitrogens is 1. The van der Waals surface area contributed by atoms with Crippen molar-refractivity contribution < 1.29 is 26.4 Å². The van der Waals surface area contributed by atoms with Gasteiger partial charge in [0.2, 0.25) is 0 Å². The minimum atomic E-state index is 0. The largest absolute Gasteiger partial charge is 1.00 e. The van der Waals surface area contributed by atoms with E-state index in [4.69, 9.17) is 9.47 Å². The topological polar surface area (TPSA) is 18.5 Å². The minimum absolute atomic E-state index is 0. The third kappa shape index (κ3) is 7.56. The van der Waals surface area contributed by atoms with E-state index in [1.165, 1.54) is 13.1 Å². The second-order valence-electron chi connectivity index (χ2n) is 3.58. The Morgan fingerprint density at radius 1 is 1.00 bits per heavy atom.